The number of benzene rings is 2. The zero-order chi connectivity index (χ0) is 19.0. The van der Waals surface area contributed by atoms with Crippen molar-refractivity contribution in [2.45, 2.75) is 25.8 Å². The lowest BCUT2D eigenvalue weighted by atomic mass is 9.93. The number of halogens is 2. The molecule has 0 radical (unpaired) electrons. The number of likely N-dealkylation sites (tertiary alicyclic amines) is 1. The van der Waals surface area contributed by atoms with Crippen LogP contribution in [0, 0.1) is 5.92 Å². The van der Waals surface area contributed by atoms with E-state index in [-0.39, 0.29) is 30.3 Å². The van der Waals surface area contributed by atoms with Gasteiger partial charge in [0, 0.05) is 18.2 Å². The summed E-state index contributed by atoms with van der Waals surface area (Å²) >= 11 is 0. The zero-order valence-corrected chi connectivity index (χ0v) is 19.2. The fourth-order valence-corrected chi connectivity index (χ4v) is 3.76. The Hall–Kier alpha value is -2.18. The number of piperidine rings is 1. The van der Waals surface area contributed by atoms with E-state index in [2.05, 4.69) is 45.4 Å². The smallest absolute Gasteiger partial charge is 0.233 e. The van der Waals surface area contributed by atoms with Gasteiger partial charge in [0.25, 0.3) is 0 Å². The second kappa shape index (κ2) is 14.0. The van der Waals surface area contributed by atoms with Crippen LogP contribution in [0.25, 0.3) is 11.3 Å². The van der Waals surface area contributed by atoms with Gasteiger partial charge in [0.15, 0.2) is 0 Å². The van der Waals surface area contributed by atoms with Gasteiger partial charge >= 0.3 is 0 Å². The highest BCUT2D eigenvalue weighted by molar-refractivity contribution is 5.85. The van der Waals surface area contributed by atoms with Gasteiger partial charge in [0.2, 0.25) is 5.88 Å². The molecule has 0 unspecified atom stereocenters. The fraction of sp³-hybridized carbons (Fsp3) is 0.333. The number of hydrogen-bond donors (Lipinski definition) is 0. The molecule has 7 heteroatoms. The Kier molecular flexibility index (Phi) is 12.1. The van der Waals surface area contributed by atoms with Crippen LogP contribution in [-0.2, 0) is 6.54 Å². The van der Waals surface area contributed by atoms with E-state index in [1.165, 1.54) is 31.5 Å². The summed E-state index contributed by atoms with van der Waals surface area (Å²) in [6.45, 7) is 4.12. The molecule has 2 heterocycles. The normalized spacial score (nSPS) is 13.9. The number of rotatable bonds is 7. The summed E-state index contributed by atoms with van der Waals surface area (Å²) in [5.41, 5.74) is 3.35. The SMILES string of the molecule is Cl.Cl.O.c1ccc(CN2CCC(CCOc3ccc(-c4ccccc4)nn3)CC2)cc1. The number of nitrogens with zero attached hydrogens (tertiary/aromatic N) is 3. The lowest BCUT2D eigenvalue weighted by molar-refractivity contribution is 0.156. The minimum absolute atomic E-state index is 0. The van der Waals surface area contributed by atoms with Gasteiger partial charge in [-0.15, -0.1) is 35.0 Å². The Bertz CT molecular complexity index is 844. The quantitative estimate of drug-likeness (QED) is 0.502. The van der Waals surface area contributed by atoms with Crippen LogP contribution >= 0.6 is 24.8 Å². The minimum Gasteiger partial charge on any atom is -0.477 e. The third-order valence-electron chi connectivity index (χ3n) is 5.44. The average molecular weight is 464 g/mol. The lowest BCUT2D eigenvalue weighted by Crippen LogP contribution is -2.33. The third-order valence-corrected chi connectivity index (χ3v) is 5.44. The van der Waals surface area contributed by atoms with Crippen LogP contribution in [0.3, 0.4) is 0 Å². The Morgan fingerprint density at radius 2 is 1.45 bits per heavy atom. The highest BCUT2D eigenvalue weighted by atomic mass is 35.5. The molecule has 0 spiro atoms. The van der Waals surface area contributed by atoms with E-state index in [9.17, 15) is 0 Å². The number of ether oxygens (including phenoxy) is 1. The molecule has 0 aliphatic carbocycles. The van der Waals surface area contributed by atoms with Gasteiger partial charge in [-0.2, -0.15) is 0 Å². The summed E-state index contributed by atoms with van der Waals surface area (Å²) < 4.78 is 5.83. The van der Waals surface area contributed by atoms with E-state index in [1.54, 1.807) is 0 Å². The molecule has 31 heavy (non-hydrogen) atoms. The molecule has 1 aliphatic heterocycles. The largest absolute Gasteiger partial charge is 0.477 e. The second-order valence-electron chi connectivity index (χ2n) is 7.47. The topological polar surface area (TPSA) is 69.8 Å². The van der Waals surface area contributed by atoms with Gasteiger partial charge in [0.05, 0.1) is 12.3 Å². The van der Waals surface area contributed by atoms with Gasteiger partial charge in [-0.1, -0.05) is 60.7 Å². The summed E-state index contributed by atoms with van der Waals surface area (Å²) in [5.74, 6) is 1.35. The second-order valence-corrected chi connectivity index (χ2v) is 7.47. The van der Waals surface area contributed by atoms with E-state index in [0.29, 0.717) is 12.5 Å². The summed E-state index contributed by atoms with van der Waals surface area (Å²) in [5, 5.41) is 8.50. The Morgan fingerprint density at radius 1 is 0.806 bits per heavy atom. The van der Waals surface area contributed by atoms with Crippen molar-refractivity contribution in [1.82, 2.24) is 15.1 Å². The van der Waals surface area contributed by atoms with Gasteiger partial charge in [-0.25, -0.2) is 0 Å². The third kappa shape index (κ3) is 8.11. The highest BCUT2D eigenvalue weighted by Gasteiger charge is 2.19. The van der Waals surface area contributed by atoms with E-state index in [4.69, 9.17) is 4.74 Å². The molecule has 0 amide bonds. The van der Waals surface area contributed by atoms with Gasteiger partial charge in [-0.3, -0.25) is 4.90 Å². The standard InChI is InChI=1S/C24H27N3O.2ClH.H2O/c1-3-7-21(8-4-1)19-27-16-13-20(14-17-27)15-18-28-24-12-11-23(25-26-24)22-9-5-2-6-10-22;;;/h1-12,20H,13-19H2;2*1H;1H2. The molecule has 1 aliphatic rings. The first-order valence-corrected chi connectivity index (χ1v) is 10.1. The Morgan fingerprint density at radius 3 is 2.06 bits per heavy atom. The zero-order valence-electron chi connectivity index (χ0n) is 17.5. The maximum atomic E-state index is 5.83. The first-order chi connectivity index (χ1) is 13.9. The summed E-state index contributed by atoms with van der Waals surface area (Å²) in [4.78, 5) is 2.56. The van der Waals surface area contributed by atoms with Crippen molar-refractivity contribution in [2.24, 2.45) is 5.92 Å². The fourth-order valence-electron chi connectivity index (χ4n) is 3.76. The predicted molar refractivity (Wildman–Crippen MR) is 130 cm³/mol. The highest BCUT2D eigenvalue weighted by Crippen LogP contribution is 2.22. The predicted octanol–water partition coefficient (Wildman–Crippen LogP) is 4.84. The van der Waals surface area contributed by atoms with E-state index in [0.717, 1.165) is 30.1 Å². The monoisotopic (exact) mass is 463 g/mol. The molecule has 1 aromatic heterocycles. The lowest BCUT2D eigenvalue weighted by Gasteiger charge is -2.31. The molecule has 0 atom stereocenters. The molecule has 0 bridgehead atoms. The Balaban J connectivity index is 0.00000160. The van der Waals surface area contributed by atoms with Crippen molar-refractivity contribution in [2.75, 3.05) is 19.7 Å². The van der Waals surface area contributed by atoms with Crippen LogP contribution in [0.4, 0.5) is 0 Å². The van der Waals surface area contributed by atoms with Crippen LogP contribution in [0.15, 0.2) is 72.8 Å². The maximum Gasteiger partial charge on any atom is 0.233 e. The summed E-state index contributed by atoms with van der Waals surface area (Å²) in [7, 11) is 0. The molecule has 2 aromatic carbocycles. The number of hydrogen-bond acceptors (Lipinski definition) is 4. The van der Waals surface area contributed by atoms with Gasteiger partial charge in [0.1, 0.15) is 0 Å². The summed E-state index contributed by atoms with van der Waals surface area (Å²) in [6.07, 6.45) is 3.57. The Labute approximate surface area is 197 Å². The van der Waals surface area contributed by atoms with E-state index >= 15 is 0 Å². The van der Waals surface area contributed by atoms with Gasteiger partial charge in [-0.05, 0) is 49.9 Å². The van der Waals surface area contributed by atoms with Crippen LogP contribution in [0.5, 0.6) is 5.88 Å². The molecule has 168 valence electrons. The van der Waals surface area contributed by atoms with Crippen molar-refractivity contribution in [3.8, 4) is 17.1 Å². The first-order valence-electron chi connectivity index (χ1n) is 10.1. The van der Waals surface area contributed by atoms with Crippen molar-refractivity contribution in [3.05, 3.63) is 78.4 Å². The van der Waals surface area contributed by atoms with Gasteiger partial charge < -0.3 is 10.2 Å². The number of aromatic nitrogens is 2. The molecule has 1 saturated heterocycles. The molecule has 4 rings (SSSR count). The molecule has 0 saturated carbocycles. The molecule has 5 nitrogen and oxygen atoms in total. The first kappa shape index (κ1) is 26.9. The van der Waals surface area contributed by atoms with Crippen molar-refractivity contribution in [1.29, 1.82) is 0 Å². The molecule has 2 N–H and O–H groups in total. The molecular formula is C24H31Cl2N3O2. The summed E-state index contributed by atoms with van der Waals surface area (Å²) in [6, 6.07) is 24.7. The molecule has 1 fully saturated rings. The van der Waals surface area contributed by atoms with E-state index in [1.807, 2.05) is 42.5 Å². The van der Waals surface area contributed by atoms with Crippen LogP contribution < -0.4 is 4.74 Å². The van der Waals surface area contributed by atoms with Crippen molar-refractivity contribution < 1.29 is 10.2 Å². The molecular weight excluding hydrogens is 433 g/mol. The van der Waals surface area contributed by atoms with Crippen LogP contribution in [-0.4, -0.2) is 40.3 Å². The molecule has 3 aromatic rings. The van der Waals surface area contributed by atoms with Crippen LogP contribution in [0.2, 0.25) is 0 Å². The van der Waals surface area contributed by atoms with Crippen LogP contribution in [0.1, 0.15) is 24.8 Å². The maximum absolute atomic E-state index is 5.83. The van der Waals surface area contributed by atoms with E-state index < -0.39 is 0 Å². The van der Waals surface area contributed by atoms with Crippen molar-refractivity contribution in [3.63, 3.8) is 0 Å². The average Bonchev–Trinajstić information content (AvgIpc) is 2.77. The minimum atomic E-state index is 0. The van der Waals surface area contributed by atoms with Crippen molar-refractivity contribution >= 4 is 24.8 Å².